The molecule has 0 atom stereocenters. The van der Waals surface area contributed by atoms with E-state index < -0.39 is 11.9 Å². The normalized spacial score (nSPS) is 10.2. The van der Waals surface area contributed by atoms with Gasteiger partial charge in [0, 0.05) is 11.3 Å². The minimum Gasteiger partial charge on any atom is -0.465 e. The summed E-state index contributed by atoms with van der Waals surface area (Å²) < 4.78 is 4.61. The van der Waals surface area contributed by atoms with E-state index in [1.165, 1.54) is 31.4 Å². The van der Waals surface area contributed by atoms with E-state index in [2.05, 4.69) is 15.4 Å². The number of nitrogens with one attached hydrogen (secondary N) is 2. The molecule has 2 rings (SSSR count). The van der Waals surface area contributed by atoms with Crippen molar-refractivity contribution in [2.75, 3.05) is 19.0 Å². The van der Waals surface area contributed by atoms with Gasteiger partial charge in [-0.3, -0.25) is 9.59 Å². The molecule has 2 amide bonds. The van der Waals surface area contributed by atoms with Gasteiger partial charge >= 0.3 is 5.97 Å². The molecule has 0 saturated carbocycles. The Kier molecular flexibility index (Phi) is 6.11. The summed E-state index contributed by atoms with van der Waals surface area (Å²) in [7, 11) is 1.29. The predicted octanol–water partition coefficient (Wildman–Crippen LogP) is 2.77. The summed E-state index contributed by atoms with van der Waals surface area (Å²) in [5.41, 5.74) is 4.54. The summed E-state index contributed by atoms with van der Waals surface area (Å²) in [6.45, 7) is 5.70. The summed E-state index contributed by atoms with van der Waals surface area (Å²) in [5.74, 6) is -1.17. The van der Waals surface area contributed by atoms with E-state index in [0.717, 1.165) is 22.4 Å². The highest BCUT2D eigenvalue weighted by Gasteiger charge is 2.12. The molecule has 2 N–H and O–H groups in total. The molecule has 0 fully saturated rings. The van der Waals surface area contributed by atoms with Crippen molar-refractivity contribution in [2.45, 2.75) is 20.8 Å². The molecule has 0 aromatic heterocycles. The Balaban J connectivity index is 1.95. The lowest BCUT2D eigenvalue weighted by Gasteiger charge is -2.13. The van der Waals surface area contributed by atoms with Crippen molar-refractivity contribution in [3.63, 3.8) is 0 Å². The molecule has 0 bridgehead atoms. The zero-order chi connectivity index (χ0) is 19.3. The third-order valence-electron chi connectivity index (χ3n) is 3.92. The highest BCUT2D eigenvalue weighted by Crippen LogP contribution is 2.21. The number of rotatable bonds is 5. The van der Waals surface area contributed by atoms with Crippen molar-refractivity contribution < 1.29 is 19.1 Å². The second kappa shape index (κ2) is 8.29. The first-order chi connectivity index (χ1) is 12.3. The molecular weight excluding hydrogens is 332 g/mol. The van der Waals surface area contributed by atoms with Crippen molar-refractivity contribution in [2.24, 2.45) is 0 Å². The van der Waals surface area contributed by atoms with Gasteiger partial charge in [-0.2, -0.15) is 0 Å². The van der Waals surface area contributed by atoms with Crippen LogP contribution in [0.15, 0.2) is 36.4 Å². The molecule has 26 heavy (non-hydrogen) atoms. The molecule has 0 aliphatic carbocycles. The molecule has 2 aromatic carbocycles. The van der Waals surface area contributed by atoms with Gasteiger partial charge in [0.2, 0.25) is 5.91 Å². The number of methoxy groups -OCH3 is 1. The molecule has 2 aromatic rings. The Morgan fingerprint density at radius 3 is 2.00 bits per heavy atom. The molecule has 0 aliphatic rings. The zero-order valence-electron chi connectivity index (χ0n) is 15.3. The van der Waals surface area contributed by atoms with Crippen LogP contribution in [0.5, 0.6) is 0 Å². The van der Waals surface area contributed by atoms with Gasteiger partial charge in [0.1, 0.15) is 0 Å². The predicted molar refractivity (Wildman–Crippen MR) is 99.4 cm³/mol. The van der Waals surface area contributed by atoms with Crippen molar-refractivity contribution >= 4 is 23.5 Å². The van der Waals surface area contributed by atoms with E-state index in [-0.39, 0.29) is 12.5 Å². The SMILES string of the molecule is COC(=O)c1ccc(C(=O)NCC(=O)Nc2c(C)cc(C)cc2C)cc1. The average Bonchev–Trinajstić information content (AvgIpc) is 2.62. The van der Waals surface area contributed by atoms with Gasteiger partial charge < -0.3 is 15.4 Å². The Hall–Kier alpha value is -3.15. The Labute approximate surface area is 152 Å². The first kappa shape index (κ1) is 19.2. The lowest BCUT2D eigenvalue weighted by atomic mass is 10.1. The first-order valence-corrected chi connectivity index (χ1v) is 8.16. The van der Waals surface area contributed by atoms with Gasteiger partial charge in [-0.25, -0.2) is 4.79 Å². The number of aryl methyl sites for hydroxylation is 3. The largest absolute Gasteiger partial charge is 0.465 e. The Morgan fingerprint density at radius 1 is 0.923 bits per heavy atom. The molecule has 0 unspecified atom stereocenters. The number of esters is 1. The quantitative estimate of drug-likeness (QED) is 0.809. The maximum Gasteiger partial charge on any atom is 0.337 e. The van der Waals surface area contributed by atoms with E-state index >= 15 is 0 Å². The maximum atomic E-state index is 12.1. The van der Waals surface area contributed by atoms with E-state index in [0.29, 0.717) is 11.1 Å². The van der Waals surface area contributed by atoms with Crippen LogP contribution in [0.4, 0.5) is 5.69 Å². The molecule has 0 aliphatic heterocycles. The molecular formula is C20H22N2O4. The number of hydrogen-bond donors (Lipinski definition) is 2. The first-order valence-electron chi connectivity index (χ1n) is 8.16. The minimum absolute atomic E-state index is 0.148. The zero-order valence-corrected chi connectivity index (χ0v) is 15.3. The van der Waals surface area contributed by atoms with Crippen LogP contribution in [0, 0.1) is 20.8 Å². The Morgan fingerprint density at radius 2 is 1.46 bits per heavy atom. The number of carbonyl (C=O) groups is 3. The van der Waals surface area contributed by atoms with Crippen molar-refractivity contribution in [1.29, 1.82) is 0 Å². The van der Waals surface area contributed by atoms with Gasteiger partial charge in [-0.1, -0.05) is 17.7 Å². The average molecular weight is 354 g/mol. The number of benzene rings is 2. The van der Waals surface area contributed by atoms with Crippen LogP contribution >= 0.6 is 0 Å². The topological polar surface area (TPSA) is 84.5 Å². The number of anilines is 1. The van der Waals surface area contributed by atoms with Crippen LogP contribution < -0.4 is 10.6 Å². The monoisotopic (exact) mass is 354 g/mol. The highest BCUT2D eigenvalue weighted by atomic mass is 16.5. The minimum atomic E-state index is -0.472. The second-order valence-corrected chi connectivity index (χ2v) is 6.07. The van der Waals surface area contributed by atoms with Crippen LogP contribution in [0.3, 0.4) is 0 Å². The Bertz CT molecular complexity index is 818. The van der Waals surface area contributed by atoms with Crippen LogP contribution in [0.1, 0.15) is 37.4 Å². The summed E-state index contributed by atoms with van der Waals surface area (Å²) >= 11 is 0. The second-order valence-electron chi connectivity index (χ2n) is 6.07. The van der Waals surface area contributed by atoms with Crippen molar-refractivity contribution in [3.05, 3.63) is 64.2 Å². The fourth-order valence-electron chi connectivity index (χ4n) is 2.70. The van der Waals surface area contributed by atoms with Gasteiger partial charge in [0.15, 0.2) is 0 Å². The van der Waals surface area contributed by atoms with Gasteiger partial charge in [-0.15, -0.1) is 0 Å². The van der Waals surface area contributed by atoms with Crippen molar-refractivity contribution in [1.82, 2.24) is 5.32 Å². The van der Waals surface area contributed by atoms with Crippen molar-refractivity contribution in [3.8, 4) is 0 Å². The third-order valence-corrected chi connectivity index (χ3v) is 3.92. The molecule has 0 saturated heterocycles. The molecule has 136 valence electrons. The van der Waals surface area contributed by atoms with E-state index in [1.807, 2.05) is 32.9 Å². The molecule has 0 radical (unpaired) electrons. The molecule has 0 spiro atoms. The van der Waals surface area contributed by atoms with E-state index in [4.69, 9.17) is 0 Å². The third kappa shape index (κ3) is 4.69. The van der Waals surface area contributed by atoms with Crippen LogP contribution in [-0.2, 0) is 9.53 Å². The lowest BCUT2D eigenvalue weighted by molar-refractivity contribution is -0.115. The number of amides is 2. The van der Waals surface area contributed by atoms with Gasteiger partial charge in [-0.05, 0) is 56.2 Å². The number of hydrogen-bond acceptors (Lipinski definition) is 4. The standard InChI is InChI=1S/C20H22N2O4/c1-12-9-13(2)18(14(3)10-12)22-17(23)11-21-19(24)15-5-7-16(8-6-15)20(25)26-4/h5-10H,11H2,1-4H3,(H,21,24)(H,22,23). The molecule has 6 heteroatoms. The summed E-state index contributed by atoms with van der Waals surface area (Å²) in [6.07, 6.45) is 0. The van der Waals surface area contributed by atoms with Crippen LogP contribution in [0.2, 0.25) is 0 Å². The molecule has 0 heterocycles. The van der Waals surface area contributed by atoms with E-state index in [1.54, 1.807) is 0 Å². The maximum absolute atomic E-state index is 12.1. The fourth-order valence-corrected chi connectivity index (χ4v) is 2.70. The lowest BCUT2D eigenvalue weighted by Crippen LogP contribution is -2.33. The number of carbonyl (C=O) groups excluding carboxylic acids is 3. The van der Waals surface area contributed by atoms with Gasteiger partial charge in [0.05, 0.1) is 19.2 Å². The summed E-state index contributed by atoms with van der Waals surface area (Å²) in [4.78, 5) is 35.6. The molecule has 6 nitrogen and oxygen atoms in total. The summed E-state index contributed by atoms with van der Waals surface area (Å²) in [5, 5.41) is 5.39. The smallest absolute Gasteiger partial charge is 0.337 e. The van der Waals surface area contributed by atoms with E-state index in [9.17, 15) is 14.4 Å². The van der Waals surface area contributed by atoms with Gasteiger partial charge in [0.25, 0.3) is 5.91 Å². The van der Waals surface area contributed by atoms with Crippen LogP contribution in [0.25, 0.3) is 0 Å². The summed E-state index contributed by atoms with van der Waals surface area (Å²) in [6, 6.07) is 10.00. The van der Waals surface area contributed by atoms with Crippen LogP contribution in [-0.4, -0.2) is 31.4 Å². The fraction of sp³-hybridized carbons (Fsp3) is 0.250. The number of ether oxygens (including phenoxy) is 1. The highest BCUT2D eigenvalue weighted by molar-refractivity contribution is 6.00.